The molecule has 0 fully saturated rings. The van der Waals surface area contributed by atoms with E-state index in [2.05, 4.69) is 20.9 Å². The Bertz CT molecular complexity index is 470. The highest BCUT2D eigenvalue weighted by Crippen LogP contribution is 2.17. The summed E-state index contributed by atoms with van der Waals surface area (Å²) in [5.41, 5.74) is 3.49. The SMILES string of the molecule is CC(=NC#N)N1CCc2nc(C)ccc2C1. The quantitative estimate of drug-likeness (QED) is 0.375. The van der Waals surface area contributed by atoms with Crippen molar-refractivity contribution in [2.45, 2.75) is 26.8 Å². The summed E-state index contributed by atoms with van der Waals surface area (Å²) >= 11 is 0. The fourth-order valence-electron chi connectivity index (χ4n) is 1.94. The van der Waals surface area contributed by atoms with Gasteiger partial charge in [0.05, 0.1) is 0 Å². The second-order valence-electron chi connectivity index (χ2n) is 3.99. The standard InChI is InChI=1S/C12H14N4/c1-9-3-4-11-7-16(10(2)14-8-13)6-5-12(11)15-9/h3-4H,5-7H2,1-2H3. The van der Waals surface area contributed by atoms with Crippen LogP contribution in [0.3, 0.4) is 0 Å². The fraction of sp³-hybridized carbons (Fsp3) is 0.417. The van der Waals surface area contributed by atoms with Gasteiger partial charge in [0.25, 0.3) is 0 Å². The Morgan fingerprint density at radius 2 is 2.38 bits per heavy atom. The van der Waals surface area contributed by atoms with Crippen LogP contribution in [-0.4, -0.2) is 22.3 Å². The number of aromatic nitrogens is 1. The van der Waals surface area contributed by atoms with Gasteiger partial charge in [-0.25, -0.2) is 0 Å². The fourth-order valence-corrected chi connectivity index (χ4v) is 1.94. The lowest BCUT2D eigenvalue weighted by atomic mass is 10.1. The van der Waals surface area contributed by atoms with E-state index in [1.165, 1.54) is 11.3 Å². The number of pyridine rings is 1. The van der Waals surface area contributed by atoms with E-state index in [4.69, 9.17) is 5.26 Å². The van der Waals surface area contributed by atoms with Gasteiger partial charge in [-0.2, -0.15) is 10.3 Å². The monoisotopic (exact) mass is 214 g/mol. The van der Waals surface area contributed by atoms with Gasteiger partial charge in [0, 0.05) is 30.9 Å². The molecule has 0 saturated heterocycles. The largest absolute Gasteiger partial charge is 0.355 e. The van der Waals surface area contributed by atoms with Crippen molar-refractivity contribution in [3.63, 3.8) is 0 Å². The lowest BCUT2D eigenvalue weighted by Crippen LogP contribution is -2.34. The van der Waals surface area contributed by atoms with Gasteiger partial charge in [0.1, 0.15) is 5.84 Å². The molecule has 0 unspecified atom stereocenters. The summed E-state index contributed by atoms with van der Waals surface area (Å²) in [4.78, 5) is 10.4. The van der Waals surface area contributed by atoms with Gasteiger partial charge in [0.15, 0.2) is 0 Å². The summed E-state index contributed by atoms with van der Waals surface area (Å²) in [5, 5.41) is 8.52. The molecule has 1 aliphatic rings. The van der Waals surface area contributed by atoms with Crippen LogP contribution >= 0.6 is 0 Å². The first kappa shape index (κ1) is 10.6. The van der Waals surface area contributed by atoms with Crippen LogP contribution in [0.25, 0.3) is 0 Å². The van der Waals surface area contributed by atoms with Gasteiger partial charge < -0.3 is 4.90 Å². The number of rotatable bonds is 0. The summed E-state index contributed by atoms with van der Waals surface area (Å²) < 4.78 is 0. The first-order valence-electron chi connectivity index (χ1n) is 5.34. The van der Waals surface area contributed by atoms with Crippen molar-refractivity contribution in [3.8, 4) is 6.19 Å². The number of aryl methyl sites for hydroxylation is 1. The molecule has 0 spiro atoms. The topological polar surface area (TPSA) is 52.3 Å². The third-order valence-corrected chi connectivity index (χ3v) is 2.86. The van der Waals surface area contributed by atoms with Crippen molar-refractivity contribution in [3.05, 3.63) is 29.1 Å². The van der Waals surface area contributed by atoms with Gasteiger partial charge in [-0.1, -0.05) is 6.07 Å². The van der Waals surface area contributed by atoms with Crippen molar-refractivity contribution >= 4 is 5.84 Å². The molecular weight excluding hydrogens is 200 g/mol. The minimum Gasteiger partial charge on any atom is -0.355 e. The number of nitrogens with zero attached hydrogens (tertiary/aromatic N) is 4. The van der Waals surface area contributed by atoms with Gasteiger partial charge in [-0.3, -0.25) is 4.98 Å². The molecule has 0 aromatic carbocycles. The van der Waals surface area contributed by atoms with Crippen LogP contribution in [0.1, 0.15) is 23.9 Å². The third kappa shape index (κ3) is 2.03. The van der Waals surface area contributed by atoms with E-state index in [0.717, 1.165) is 31.0 Å². The summed E-state index contributed by atoms with van der Waals surface area (Å²) in [7, 11) is 0. The number of hydrogen-bond donors (Lipinski definition) is 0. The van der Waals surface area contributed by atoms with Crippen LogP contribution in [0, 0.1) is 18.4 Å². The number of amidine groups is 1. The van der Waals surface area contributed by atoms with Crippen molar-refractivity contribution in [1.82, 2.24) is 9.88 Å². The Hall–Kier alpha value is -1.89. The number of hydrogen-bond acceptors (Lipinski definition) is 3. The van der Waals surface area contributed by atoms with E-state index in [0.29, 0.717) is 0 Å². The Balaban J connectivity index is 2.22. The molecule has 82 valence electrons. The zero-order valence-corrected chi connectivity index (χ0v) is 9.56. The zero-order chi connectivity index (χ0) is 11.5. The molecule has 1 aromatic rings. The van der Waals surface area contributed by atoms with E-state index in [9.17, 15) is 0 Å². The average molecular weight is 214 g/mol. The lowest BCUT2D eigenvalue weighted by molar-refractivity contribution is 0.387. The van der Waals surface area contributed by atoms with E-state index in [-0.39, 0.29) is 0 Å². The molecule has 1 aromatic heterocycles. The minimum atomic E-state index is 0.786. The zero-order valence-electron chi connectivity index (χ0n) is 9.56. The Morgan fingerprint density at radius 3 is 3.12 bits per heavy atom. The first-order chi connectivity index (χ1) is 7.70. The van der Waals surface area contributed by atoms with Gasteiger partial charge >= 0.3 is 0 Å². The van der Waals surface area contributed by atoms with E-state index < -0.39 is 0 Å². The van der Waals surface area contributed by atoms with Crippen molar-refractivity contribution in [1.29, 1.82) is 5.26 Å². The minimum absolute atomic E-state index is 0.786. The number of fused-ring (bicyclic) bond motifs is 1. The van der Waals surface area contributed by atoms with Gasteiger partial charge in [-0.15, -0.1) is 0 Å². The van der Waals surface area contributed by atoms with E-state index in [1.807, 2.05) is 26.1 Å². The van der Waals surface area contributed by atoms with Crippen LogP contribution in [0.2, 0.25) is 0 Å². The maximum Gasteiger partial charge on any atom is 0.207 e. The molecule has 0 atom stereocenters. The second kappa shape index (κ2) is 4.31. The predicted molar refractivity (Wildman–Crippen MR) is 61.8 cm³/mol. The summed E-state index contributed by atoms with van der Waals surface area (Å²) in [6, 6.07) is 4.14. The molecule has 0 amide bonds. The molecule has 4 nitrogen and oxygen atoms in total. The number of nitriles is 1. The molecule has 4 heteroatoms. The Labute approximate surface area is 95.2 Å². The third-order valence-electron chi connectivity index (χ3n) is 2.86. The molecule has 2 heterocycles. The van der Waals surface area contributed by atoms with E-state index >= 15 is 0 Å². The predicted octanol–water partition coefficient (Wildman–Crippen LogP) is 1.65. The average Bonchev–Trinajstić information content (AvgIpc) is 2.28. The molecule has 0 radical (unpaired) electrons. The smallest absolute Gasteiger partial charge is 0.207 e. The van der Waals surface area contributed by atoms with Crippen LogP contribution in [0.5, 0.6) is 0 Å². The second-order valence-corrected chi connectivity index (χ2v) is 3.99. The van der Waals surface area contributed by atoms with Gasteiger partial charge in [-0.05, 0) is 25.5 Å². The molecule has 0 bridgehead atoms. The summed E-state index contributed by atoms with van der Waals surface area (Å²) in [5.74, 6) is 0.786. The van der Waals surface area contributed by atoms with Crippen LogP contribution in [-0.2, 0) is 13.0 Å². The normalized spacial score (nSPS) is 15.6. The number of aliphatic imine (C=N–C) groups is 1. The van der Waals surface area contributed by atoms with Crippen molar-refractivity contribution < 1.29 is 0 Å². The summed E-state index contributed by atoms with van der Waals surface area (Å²) in [6.45, 7) is 5.57. The molecule has 0 aliphatic carbocycles. The maximum absolute atomic E-state index is 8.52. The molecule has 0 saturated carbocycles. The lowest BCUT2D eigenvalue weighted by Gasteiger charge is -2.29. The molecular formula is C12H14N4. The summed E-state index contributed by atoms with van der Waals surface area (Å²) in [6.07, 6.45) is 2.75. The maximum atomic E-state index is 8.52. The Kier molecular flexibility index (Phi) is 2.86. The van der Waals surface area contributed by atoms with Crippen LogP contribution < -0.4 is 0 Å². The molecule has 0 N–H and O–H groups in total. The van der Waals surface area contributed by atoms with E-state index in [1.54, 1.807) is 0 Å². The molecule has 16 heavy (non-hydrogen) atoms. The Morgan fingerprint density at radius 1 is 1.56 bits per heavy atom. The first-order valence-corrected chi connectivity index (χ1v) is 5.34. The highest BCUT2D eigenvalue weighted by Gasteiger charge is 2.17. The van der Waals surface area contributed by atoms with Crippen LogP contribution in [0.15, 0.2) is 17.1 Å². The van der Waals surface area contributed by atoms with Crippen LogP contribution in [0.4, 0.5) is 0 Å². The molecule has 1 aliphatic heterocycles. The van der Waals surface area contributed by atoms with Gasteiger partial charge in [0.2, 0.25) is 6.19 Å². The van der Waals surface area contributed by atoms with Crippen molar-refractivity contribution in [2.24, 2.45) is 4.99 Å². The van der Waals surface area contributed by atoms with Crippen molar-refractivity contribution in [2.75, 3.05) is 6.54 Å². The molecule has 2 rings (SSSR count). The highest BCUT2D eigenvalue weighted by atomic mass is 15.2. The highest BCUT2D eigenvalue weighted by molar-refractivity contribution is 5.80.